The van der Waals surface area contributed by atoms with Crippen LogP contribution in [0.15, 0.2) is 54.6 Å². The SMILES string of the molecule is CC(C)COc1ccc(NC(=O)CCCc2ccccc2)cc1. The molecule has 0 aliphatic heterocycles. The summed E-state index contributed by atoms with van der Waals surface area (Å²) in [7, 11) is 0. The summed E-state index contributed by atoms with van der Waals surface area (Å²) in [6.07, 6.45) is 2.31. The lowest BCUT2D eigenvalue weighted by molar-refractivity contribution is -0.116. The van der Waals surface area contributed by atoms with Crippen molar-refractivity contribution in [1.29, 1.82) is 0 Å². The summed E-state index contributed by atoms with van der Waals surface area (Å²) >= 11 is 0. The number of anilines is 1. The quantitative estimate of drug-likeness (QED) is 0.768. The van der Waals surface area contributed by atoms with Crippen molar-refractivity contribution in [3.8, 4) is 5.75 Å². The number of rotatable bonds is 8. The number of hydrogen-bond donors (Lipinski definition) is 1. The number of ether oxygens (including phenoxy) is 1. The van der Waals surface area contributed by atoms with Crippen molar-refractivity contribution in [1.82, 2.24) is 0 Å². The van der Waals surface area contributed by atoms with Crippen LogP contribution >= 0.6 is 0 Å². The summed E-state index contributed by atoms with van der Waals surface area (Å²) in [4.78, 5) is 12.0. The first-order valence-electron chi connectivity index (χ1n) is 8.20. The van der Waals surface area contributed by atoms with E-state index in [1.54, 1.807) is 0 Å². The van der Waals surface area contributed by atoms with E-state index in [1.807, 2.05) is 42.5 Å². The Balaban J connectivity index is 1.72. The van der Waals surface area contributed by atoms with Crippen molar-refractivity contribution in [2.24, 2.45) is 5.92 Å². The fraction of sp³-hybridized carbons (Fsp3) is 0.350. The Kier molecular flexibility index (Phi) is 6.67. The van der Waals surface area contributed by atoms with Gasteiger partial charge in [0.25, 0.3) is 0 Å². The summed E-state index contributed by atoms with van der Waals surface area (Å²) in [5.74, 6) is 1.39. The maximum Gasteiger partial charge on any atom is 0.224 e. The van der Waals surface area contributed by atoms with Gasteiger partial charge in [-0.1, -0.05) is 44.2 Å². The van der Waals surface area contributed by atoms with Gasteiger partial charge in [-0.25, -0.2) is 0 Å². The first-order chi connectivity index (χ1) is 11.1. The second kappa shape index (κ2) is 8.99. The van der Waals surface area contributed by atoms with Crippen LogP contribution in [0.1, 0.15) is 32.3 Å². The molecule has 2 rings (SSSR count). The minimum absolute atomic E-state index is 0.0526. The molecule has 0 atom stereocenters. The van der Waals surface area contributed by atoms with E-state index in [4.69, 9.17) is 4.74 Å². The molecule has 0 aliphatic carbocycles. The van der Waals surface area contributed by atoms with E-state index in [1.165, 1.54) is 5.56 Å². The van der Waals surface area contributed by atoms with E-state index < -0.39 is 0 Å². The largest absolute Gasteiger partial charge is 0.493 e. The van der Waals surface area contributed by atoms with Crippen LogP contribution in [0.3, 0.4) is 0 Å². The van der Waals surface area contributed by atoms with E-state index in [-0.39, 0.29) is 5.91 Å². The molecule has 0 saturated heterocycles. The average molecular weight is 311 g/mol. The van der Waals surface area contributed by atoms with E-state index in [0.717, 1.165) is 24.3 Å². The van der Waals surface area contributed by atoms with E-state index >= 15 is 0 Å². The van der Waals surface area contributed by atoms with Crippen LogP contribution < -0.4 is 10.1 Å². The van der Waals surface area contributed by atoms with Crippen LogP contribution in [0.4, 0.5) is 5.69 Å². The first-order valence-corrected chi connectivity index (χ1v) is 8.20. The van der Waals surface area contributed by atoms with Crippen LogP contribution in [0.5, 0.6) is 5.75 Å². The predicted octanol–water partition coefficient (Wildman–Crippen LogP) is 4.68. The average Bonchev–Trinajstić information content (AvgIpc) is 2.55. The standard InChI is InChI=1S/C20H25NO2/c1-16(2)15-23-19-13-11-18(12-14-19)21-20(22)10-6-9-17-7-4-3-5-8-17/h3-5,7-8,11-14,16H,6,9-10,15H2,1-2H3,(H,21,22). The number of carbonyl (C=O) groups is 1. The molecule has 0 aliphatic rings. The van der Waals surface area contributed by atoms with E-state index in [9.17, 15) is 4.79 Å². The molecule has 0 bridgehead atoms. The van der Waals surface area contributed by atoms with Crippen LogP contribution in [-0.4, -0.2) is 12.5 Å². The summed E-state index contributed by atoms with van der Waals surface area (Å²) in [6, 6.07) is 17.8. The highest BCUT2D eigenvalue weighted by Gasteiger charge is 2.03. The Hall–Kier alpha value is -2.29. The minimum atomic E-state index is 0.0526. The van der Waals surface area contributed by atoms with Crippen molar-refractivity contribution in [2.75, 3.05) is 11.9 Å². The van der Waals surface area contributed by atoms with Gasteiger partial charge in [-0.05, 0) is 48.6 Å². The minimum Gasteiger partial charge on any atom is -0.493 e. The molecular formula is C20H25NO2. The monoisotopic (exact) mass is 311 g/mol. The highest BCUT2D eigenvalue weighted by Crippen LogP contribution is 2.17. The molecule has 0 aromatic heterocycles. The molecule has 3 heteroatoms. The lowest BCUT2D eigenvalue weighted by atomic mass is 10.1. The van der Waals surface area contributed by atoms with E-state index in [0.29, 0.717) is 18.9 Å². The Bertz CT molecular complexity index is 591. The second-order valence-corrected chi connectivity index (χ2v) is 6.12. The molecule has 1 N–H and O–H groups in total. The van der Waals surface area contributed by atoms with Gasteiger partial charge < -0.3 is 10.1 Å². The molecule has 3 nitrogen and oxygen atoms in total. The van der Waals surface area contributed by atoms with Gasteiger partial charge in [0.1, 0.15) is 5.75 Å². The van der Waals surface area contributed by atoms with Gasteiger partial charge in [-0.3, -0.25) is 4.79 Å². The van der Waals surface area contributed by atoms with Crippen molar-refractivity contribution < 1.29 is 9.53 Å². The van der Waals surface area contributed by atoms with Crippen LogP contribution in [-0.2, 0) is 11.2 Å². The molecular weight excluding hydrogens is 286 g/mol. The van der Waals surface area contributed by atoms with Crippen LogP contribution in [0.25, 0.3) is 0 Å². The van der Waals surface area contributed by atoms with E-state index in [2.05, 4.69) is 31.3 Å². The topological polar surface area (TPSA) is 38.3 Å². The molecule has 2 aromatic carbocycles. The Labute approximate surface area is 138 Å². The number of nitrogens with one attached hydrogen (secondary N) is 1. The highest BCUT2D eigenvalue weighted by molar-refractivity contribution is 5.90. The van der Waals surface area contributed by atoms with Crippen molar-refractivity contribution in [3.63, 3.8) is 0 Å². The zero-order valence-electron chi connectivity index (χ0n) is 13.9. The zero-order chi connectivity index (χ0) is 16.5. The zero-order valence-corrected chi connectivity index (χ0v) is 13.9. The number of benzene rings is 2. The maximum atomic E-state index is 12.0. The van der Waals surface area contributed by atoms with Crippen LogP contribution in [0, 0.1) is 5.92 Å². The lowest BCUT2D eigenvalue weighted by Crippen LogP contribution is -2.11. The number of amides is 1. The summed E-state index contributed by atoms with van der Waals surface area (Å²) in [6.45, 7) is 4.93. The van der Waals surface area contributed by atoms with Crippen molar-refractivity contribution >= 4 is 11.6 Å². The first kappa shape index (κ1) is 17.1. The van der Waals surface area contributed by atoms with Gasteiger partial charge >= 0.3 is 0 Å². The third kappa shape index (κ3) is 6.55. The highest BCUT2D eigenvalue weighted by atomic mass is 16.5. The molecule has 23 heavy (non-hydrogen) atoms. The van der Waals surface area contributed by atoms with Crippen LogP contribution in [0.2, 0.25) is 0 Å². The maximum absolute atomic E-state index is 12.0. The summed E-state index contributed by atoms with van der Waals surface area (Å²) in [5.41, 5.74) is 2.08. The van der Waals surface area contributed by atoms with Crippen molar-refractivity contribution in [2.45, 2.75) is 33.1 Å². The molecule has 0 radical (unpaired) electrons. The van der Waals surface area contributed by atoms with Gasteiger partial charge in [0, 0.05) is 12.1 Å². The second-order valence-electron chi connectivity index (χ2n) is 6.12. The third-order valence-corrected chi connectivity index (χ3v) is 3.43. The predicted molar refractivity (Wildman–Crippen MR) is 94.8 cm³/mol. The number of aryl methyl sites for hydroxylation is 1. The Morgan fingerprint density at radius 1 is 1.04 bits per heavy atom. The molecule has 122 valence electrons. The van der Waals surface area contributed by atoms with Gasteiger partial charge in [-0.15, -0.1) is 0 Å². The smallest absolute Gasteiger partial charge is 0.224 e. The fourth-order valence-electron chi connectivity index (χ4n) is 2.22. The Morgan fingerprint density at radius 2 is 1.74 bits per heavy atom. The molecule has 2 aromatic rings. The summed E-state index contributed by atoms with van der Waals surface area (Å²) in [5, 5.41) is 2.93. The molecule has 0 spiro atoms. The molecule has 1 amide bonds. The molecule has 0 heterocycles. The van der Waals surface area contributed by atoms with Gasteiger partial charge in [0.05, 0.1) is 6.61 Å². The van der Waals surface area contributed by atoms with Gasteiger partial charge in [0.15, 0.2) is 0 Å². The van der Waals surface area contributed by atoms with Crippen molar-refractivity contribution in [3.05, 3.63) is 60.2 Å². The number of carbonyl (C=O) groups excluding carboxylic acids is 1. The third-order valence-electron chi connectivity index (χ3n) is 3.43. The van der Waals surface area contributed by atoms with Gasteiger partial charge in [0.2, 0.25) is 5.91 Å². The molecule has 0 unspecified atom stereocenters. The Morgan fingerprint density at radius 3 is 2.39 bits per heavy atom. The molecule has 0 saturated carbocycles. The fourth-order valence-corrected chi connectivity index (χ4v) is 2.22. The summed E-state index contributed by atoms with van der Waals surface area (Å²) < 4.78 is 5.63. The number of hydrogen-bond acceptors (Lipinski definition) is 2. The normalized spacial score (nSPS) is 10.6. The lowest BCUT2D eigenvalue weighted by Gasteiger charge is -2.10. The van der Waals surface area contributed by atoms with Gasteiger partial charge in [-0.2, -0.15) is 0 Å². The molecule has 0 fully saturated rings.